The van der Waals surface area contributed by atoms with E-state index >= 15 is 0 Å². The first-order valence-electron chi connectivity index (χ1n) is 5.37. The number of benzene rings is 1. The van der Waals surface area contributed by atoms with Gasteiger partial charge >= 0.3 is 0 Å². The highest BCUT2D eigenvalue weighted by atomic mass is 35.5. The Morgan fingerprint density at radius 1 is 1.33 bits per heavy atom. The van der Waals surface area contributed by atoms with Crippen LogP contribution < -0.4 is 5.43 Å². The molecule has 6 heteroatoms. The van der Waals surface area contributed by atoms with Gasteiger partial charge in [0.1, 0.15) is 5.01 Å². The van der Waals surface area contributed by atoms with Crippen molar-refractivity contribution < 1.29 is 0 Å². The van der Waals surface area contributed by atoms with E-state index in [1.807, 2.05) is 37.4 Å². The number of nitrogens with one attached hydrogen (secondary N) is 1. The molecule has 2 rings (SSSR count). The van der Waals surface area contributed by atoms with Gasteiger partial charge in [-0.1, -0.05) is 29.3 Å². The lowest BCUT2D eigenvalue weighted by Gasteiger charge is -2.09. The minimum atomic E-state index is 0.641. The van der Waals surface area contributed by atoms with Gasteiger partial charge in [-0.05, 0) is 12.1 Å². The van der Waals surface area contributed by atoms with Crippen molar-refractivity contribution in [1.29, 1.82) is 0 Å². The molecule has 0 amide bonds. The predicted octanol–water partition coefficient (Wildman–Crippen LogP) is 3.68. The Labute approximate surface area is 120 Å². The number of hydrazine groups is 1. The molecule has 0 aliphatic carbocycles. The molecule has 0 saturated carbocycles. The summed E-state index contributed by atoms with van der Waals surface area (Å²) in [5, 5.41) is 4.21. The largest absolute Gasteiger partial charge is 0.250 e. The summed E-state index contributed by atoms with van der Waals surface area (Å²) in [4.78, 5) is 5.41. The van der Waals surface area contributed by atoms with Crippen LogP contribution in [0.1, 0.15) is 5.01 Å². The van der Waals surface area contributed by atoms with Crippen molar-refractivity contribution in [2.45, 2.75) is 6.54 Å². The number of rotatable bonds is 4. The lowest BCUT2D eigenvalue weighted by molar-refractivity contribution is 0.286. The molecular formula is C12H13Cl2N3S. The smallest absolute Gasteiger partial charge is 0.108 e. The predicted molar refractivity (Wildman–Crippen MR) is 78.1 cm³/mol. The zero-order chi connectivity index (χ0) is 13.1. The minimum Gasteiger partial charge on any atom is -0.250 e. The normalized spacial score (nSPS) is 11.2. The van der Waals surface area contributed by atoms with Crippen LogP contribution in [0, 0.1) is 0 Å². The molecule has 1 heterocycles. The van der Waals surface area contributed by atoms with Crippen molar-refractivity contribution >= 4 is 34.5 Å². The molecule has 1 aromatic carbocycles. The number of thiazole rings is 1. The van der Waals surface area contributed by atoms with Crippen molar-refractivity contribution in [2.24, 2.45) is 0 Å². The van der Waals surface area contributed by atoms with E-state index in [1.165, 1.54) is 0 Å². The molecule has 0 saturated heterocycles. The zero-order valence-corrected chi connectivity index (χ0v) is 12.4. The van der Waals surface area contributed by atoms with Crippen molar-refractivity contribution in [3.63, 3.8) is 0 Å². The Kier molecular flexibility index (Phi) is 4.59. The van der Waals surface area contributed by atoms with Crippen LogP contribution >= 0.6 is 34.5 Å². The van der Waals surface area contributed by atoms with Gasteiger partial charge in [0.15, 0.2) is 0 Å². The van der Waals surface area contributed by atoms with Crippen LogP contribution in [0.3, 0.4) is 0 Å². The number of aromatic nitrogens is 1. The van der Waals surface area contributed by atoms with Gasteiger partial charge in [0.05, 0.1) is 16.4 Å². The Balaban J connectivity index is 2.18. The van der Waals surface area contributed by atoms with Crippen LogP contribution in [-0.2, 0) is 6.54 Å². The van der Waals surface area contributed by atoms with E-state index in [2.05, 4.69) is 10.4 Å². The molecule has 0 bridgehead atoms. The van der Waals surface area contributed by atoms with E-state index in [4.69, 9.17) is 23.2 Å². The van der Waals surface area contributed by atoms with Gasteiger partial charge in [-0.25, -0.2) is 10.4 Å². The summed E-state index contributed by atoms with van der Waals surface area (Å²) in [6.45, 7) is 0.711. The van der Waals surface area contributed by atoms with Crippen LogP contribution in [0.5, 0.6) is 0 Å². The fraction of sp³-hybridized carbons (Fsp3) is 0.250. The van der Waals surface area contributed by atoms with Crippen LogP contribution in [-0.4, -0.2) is 24.1 Å². The van der Waals surface area contributed by atoms with Crippen LogP contribution in [0.2, 0.25) is 10.0 Å². The average molecular weight is 302 g/mol. The molecule has 96 valence electrons. The summed E-state index contributed by atoms with van der Waals surface area (Å²) in [5.74, 6) is 0. The van der Waals surface area contributed by atoms with Gasteiger partial charge in [0, 0.05) is 30.9 Å². The lowest BCUT2D eigenvalue weighted by Crippen LogP contribution is -2.29. The fourth-order valence-corrected chi connectivity index (χ4v) is 2.89. The maximum atomic E-state index is 6.17. The van der Waals surface area contributed by atoms with Gasteiger partial charge in [-0.3, -0.25) is 5.01 Å². The summed E-state index contributed by atoms with van der Waals surface area (Å²) in [6, 6.07) is 5.50. The molecule has 0 unspecified atom stereocenters. The molecule has 0 aliphatic rings. The molecule has 0 aliphatic heterocycles. The summed E-state index contributed by atoms with van der Waals surface area (Å²) in [5.41, 5.74) is 4.14. The zero-order valence-electron chi connectivity index (χ0n) is 10.1. The first-order valence-corrected chi connectivity index (χ1v) is 6.94. The minimum absolute atomic E-state index is 0.641. The standard InChI is InChI=1S/C12H13Cl2N3S/c1-17(2)16-7-12-15-6-11(18-12)9-4-3-8(13)5-10(9)14/h3-6,16H,7H2,1-2H3. The molecular weight excluding hydrogens is 289 g/mol. The monoisotopic (exact) mass is 301 g/mol. The third-order valence-corrected chi connectivity index (χ3v) is 3.88. The Hall–Kier alpha value is -0.650. The van der Waals surface area contributed by atoms with E-state index in [9.17, 15) is 0 Å². The van der Waals surface area contributed by atoms with Gasteiger partial charge in [-0.15, -0.1) is 11.3 Å². The molecule has 0 atom stereocenters. The van der Waals surface area contributed by atoms with Crippen molar-refractivity contribution in [3.8, 4) is 10.4 Å². The molecule has 0 fully saturated rings. The maximum absolute atomic E-state index is 6.17. The van der Waals surface area contributed by atoms with Gasteiger partial charge in [-0.2, -0.15) is 0 Å². The van der Waals surface area contributed by atoms with Crippen LogP contribution in [0.15, 0.2) is 24.4 Å². The molecule has 0 radical (unpaired) electrons. The van der Waals surface area contributed by atoms with Gasteiger partial charge in [0.25, 0.3) is 0 Å². The summed E-state index contributed by atoms with van der Waals surface area (Å²) in [6.07, 6.45) is 1.84. The lowest BCUT2D eigenvalue weighted by atomic mass is 10.2. The first-order chi connectivity index (χ1) is 8.56. The number of hydrogen-bond donors (Lipinski definition) is 1. The van der Waals surface area contributed by atoms with Gasteiger partial charge in [0.2, 0.25) is 0 Å². The van der Waals surface area contributed by atoms with Crippen molar-refractivity contribution in [2.75, 3.05) is 14.1 Å². The van der Waals surface area contributed by atoms with E-state index in [0.29, 0.717) is 16.6 Å². The van der Waals surface area contributed by atoms with E-state index in [1.54, 1.807) is 17.4 Å². The van der Waals surface area contributed by atoms with E-state index < -0.39 is 0 Å². The molecule has 1 aromatic heterocycles. The van der Waals surface area contributed by atoms with Crippen LogP contribution in [0.25, 0.3) is 10.4 Å². The average Bonchev–Trinajstić information content (AvgIpc) is 2.75. The molecule has 2 aromatic rings. The summed E-state index contributed by atoms with van der Waals surface area (Å²) >= 11 is 13.7. The third kappa shape index (κ3) is 3.43. The summed E-state index contributed by atoms with van der Waals surface area (Å²) in [7, 11) is 3.90. The molecule has 3 nitrogen and oxygen atoms in total. The highest BCUT2D eigenvalue weighted by Gasteiger charge is 2.08. The Bertz CT molecular complexity index is 540. The number of hydrogen-bond acceptors (Lipinski definition) is 4. The fourth-order valence-electron chi connectivity index (χ4n) is 1.43. The van der Waals surface area contributed by atoms with E-state index in [0.717, 1.165) is 15.4 Å². The third-order valence-electron chi connectivity index (χ3n) is 2.30. The highest BCUT2D eigenvalue weighted by molar-refractivity contribution is 7.15. The first kappa shape index (κ1) is 13.8. The topological polar surface area (TPSA) is 28.2 Å². The second-order valence-electron chi connectivity index (χ2n) is 3.97. The Morgan fingerprint density at radius 3 is 2.78 bits per heavy atom. The van der Waals surface area contributed by atoms with Gasteiger partial charge < -0.3 is 0 Å². The maximum Gasteiger partial charge on any atom is 0.108 e. The van der Waals surface area contributed by atoms with Crippen molar-refractivity contribution in [1.82, 2.24) is 15.4 Å². The SMILES string of the molecule is CN(C)NCc1ncc(-c2ccc(Cl)cc2Cl)s1. The van der Waals surface area contributed by atoms with Crippen molar-refractivity contribution in [3.05, 3.63) is 39.4 Å². The second-order valence-corrected chi connectivity index (χ2v) is 5.93. The molecule has 18 heavy (non-hydrogen) atoms. The highest BCUT2D eigenvalue weighted by Crippen LogP contribution is 2.33. The summed E-state index contributed by atoms with van der Waals surface area (Å²) < 4.78 is 0. The van der Waals surface area contributed by atoms with E-state index in [-0.39, 0.29) is 0 Å². The number of halogens is 2. The molecule has 1 N–H and O–H groups in total. The number of nitrogens with zero attached hydrogens (tertiary/aromatic N) is 2. The van der Waals surface area contributed by atoms with Crippen LogP contribution in [0.4, 0.5) is 0 Å². The quantitative estimate of drug-likeness (QED) is 0.873. The second kappa shape index (κ2) is 5.99. The molecule has 0 spiro atoms. The Morgan fingerprint density at radius 2 is 2.11 bits per heavy atom.